The van der Waals surface area contributed by atoms with Gasteiger partial charge in [-0.2, -0.15) is 0 Å². The molecule has 0 amide bonds. The maximum atomic E-state index is 5.34. The van der Waals surface area contributed by atoms with Crippen molar-refractivity contribution >= 4 is 5.82 Å². The summed E-state index contributed by atoms with van der Waals surface area (Å²) in [4.78, 5) is 8.62. The Balaban J connectivity index is 1.83. The monoisotopic (exact) mass is 236 g/mol. The van der Waals surface area contributed by atoms with E-state index >= 15 is 0 Å². The summed E-state index contributed by atoms with van der Waals surface area (Å²) in [5.74, 6) is 2.44. The van der Waals surface area contributed by atoms with E-state index in [-0.39, 0.29) is 0 Å². The summed E-state index contributed by atoms with van der Waals surface area (Å²) in [6.07, 6.45) is 4.08. The van der Waals surface area contributed by atoms with E-state index < -0.39 is 0 Å². The summed E-state index contributed by atoms with van der Waals surface area (Å²) in [6, 6.07) is 1.92. The molecule has 1 aromatic rings. The molecule has 5 nitrogen and oxygen atoms in total. The van der Waals surface area contributed by atoms with Gasteiger partial charge in [0.15, 0.2) is 0 Å². The topological polar surface area (TPSA) is 59.1 Å². The minimum atomic E-state index is 0.700. The van der Waals surface area contributed by atoms with E-state index in [4.69, 9.17) is 4.74 Å². The lowest BCUT2D eigenvalue weighted by Crippen LogP contribution is -2.23. The smallest absolute Gasteiger partial charge is 0.144 e. The summed E-state index contributed by atoms with van der Waals surface area (Å²) in [5.41, 5.74) is 0. The van der Waals surface area contributed by atoms with Gasteiger partial charge in [0.25, 0.3) is 0 Å². The lowest BCUT2D eigenvalue weighted by molar-refractivity contribution is 0.0699. The van der Waals surface area contributed by atoms with Crippen molar-refractivity contribution in [3.63, 3.8) is 0 Å². The molecule has 94 valence electrons. The number of nitrogens with one attached hydrogen (secondary N) is 2. The van der Waals surface area contributed by atoms with Crippen molar-refractivity contribution < 1.29 is 4.74 Å². The van der Waals surface area contributed by atoms with Crippen LogP contribution in [0.2, 0.25) is 0 Å². The highest BCUT2D eigenvalue weighted by atomic mass is 16.5. The van der Waals surface area contributed by atoms with Crippen LogP contribution in [0.4, 0.5) is 5.82 Å². The molecule has 0 radical (unpaired) electrons. The Labute approximate surface area is 102 Å². The summed E-state index contributed by atoms with van der Waals surface area (Å²) >= 11 is 0. The quantitative estimate of drug-likeness (QED) is 0.800. The average Bonchev–Trinajstić information content (AvgIpc) is 2.39. The van der Waals surface area contributed by atoms with Crippen LogP contribution in [0, 0.1) is 5.92 Å². The molecule has 0 unspecified atom stereocenters. The Morgan fingerprint density at radius 3 is 3.00 bits per heavy atom. The first-order valence-electron chi connectivity index (χ1n) is 6.16. The zero-order valence-electron chi connectivity index (χ0n) is 10.3. The third kappa shape index (κ3) is 3.94. The van der Waals surface area contributed by atoms with Gasteiger partial charge in [-0.25, -0.2) is 9.97 Å². The minimum absolute atomic E-state index is 0.700. The number of hydrogen-bond acceptors (Lipinski definition) is 5. The number of aromatic nitrogens is 2. The van der Waals surface area contributed by atoms with Crippen LogP contribution in [-0.2, 0) is 11.3 Å². The highest BCUT2D eigenvalue weighted by Crippen LogP contribution is 2.15. The van der Waals surface area contributed by atoms with Crippen molar-refractivity contribution in [3.05, 3.63) is 18.1 Å². The maximum absolute atomic E-state index is 5.34. The SMILES string of the molecule is CNCc1nccc(NCC2CCOCC2)n1. The van der Waals surface area contributed by atoms with Crippen LogP contribution >= 0.6 is 0 Å². The van der Waals surface area contributed by atoms with Crippen molar-refractivity contribution in [2.24, 2.45) is 5.92 Å². The molecule has 0 saturated carbocycles. The molecular formula is C12H20N4O. The number of anilines is 1. The highest BCUT2D eigenvalue weighted by molar-refractivity contribution is 5.32. The maximum Gasteiger partial charge on any atom is 0.144 e. The van der Waals surface area contributed by atoms with Gasteiger partial charge in [-0.3, -0.25) is 0 Å². The highest BCUT2D eigenvalue weighted by Gasteiger charge is 2.13. The van der Waals surface area contributed by atoms with Gasteiger partial charge in [0.2, 0.25) is 0 Å². The summed E-state index contributed by atoms with van der Waals surface area (Å²) < 4.78 is 5.34. The van der Waals surface area contributed by atoms with Gasteiger partial charge in [0, 0.05) is 26.0 Å². The normalized spacial score (nSPS) is 17.0. The number of rotatable bonds is 5. The van der Waals surface area contributed by atoms with Crippen LogP contribution in [0.5, 0.6) is 0 Å². The van der Waals surface area contributed by atoms with E-state index in [1.165, 1.54) is 0 Å². The van der Waals surface area contributed by atoms with Gasteiger partial charge < -0.3 is 15.4 Å². The summed E-state index contributed by atoms with van der Waals surface area (Å²) in [7, 11) is 1.89. The fraction of sp³-hybridized carbons (Fsp3) is 0.667. The summed E-state index contributed by atoms with van der Waals surface area (Å²) in [6.45, 7) is 3.45. The molecule has 1 aliphatic heterocycles. The Morgan fingerprint density at radius 1 is 1.41 bits per heavy atom. The van der Waals surface area contributed by atoms with E-state index in [1.807, 2.05) is 13.1 Å². The van der Waals surface area contributed by atoms with Crippen LogP contribution in [0.25, 0.3) is 0 Å². The third-order valence-corrected chi connectivity index (χ3v) is 2.95. The number of ether oxygens (including phenoxy) is 1. The van der Waals surface area contributed by atoms with Crippen molar-refractivity contribution in [2.75, 3.05) is 32.1 Å². The second kappa shape index (κ2) is 6.51. The van der Waals surface area contributed by atoms with Gasteiger partial charge in [-0.1, -0.05) is 0 Å². The molecule has 0 spiro atoms. The Morgan fingerprint density at radius 2 is 2.24 bits per heavy atom. The first kappa shape index (κ1) is 12.3. The van der Waals surface area contributed by atoms with Gasteiger partial charge in [-0.15, -0.1) is 0 Å². The van der Waals surface area contributed by atoms with Gasteiger partial charge in [0.1, 0.15) is 11.6 Å². The Bertz CT molecular complexity index is 339. The van der Waals surface area contributed by atoms with Crippen LogP contribution in [0.15, 0.2) is 12.3 Å². The van der Waals surface area contributed by atoms with E-state index in [0.717, 1.165) is 44.2 Å². The third-order valence-electron chi connectivity index (χ3n) is 2.95. The van der Waals surface area contributed by atoms with E-state index in [9.17, 15) is 0 Å². The Kier molecular flexibility index (Phi) is 4.70. The standard InChI is InChI=1S/C12H20N4O/c1-13-9-12-14-5-2-11(16-12)15-8-10-3-6-17-7-4-10/h2,5,10,13H,3-4,6-9H2,1H3,(H,14,15,16). The van der Waals surface area contributed by atoms with Crippen LogP contribution in [0.1, 0.15) is 18.7 Å². The van der Waals surface area contributed by atoms with E-state index in [0.29, 0.717) is 12.5 Å². The molecule has 2 rings (SSSR count). The van der Waals surface area contributed by atoms with E-state index in [2.05, 4.69) is 20.6 Å². The van der Waals surface area contributed by atoms with Gasteiger partial charge in [-0.05, 0) is 31.9 Å². The van der Waals surface area contributed by atoms with Crippen LogP contribution in [0.3, 0.4) is 0 Å². The van der Waals surface area contributed by atoms with Crippen molar-refractivity contribution in [3.8, 4) is 0 Å². The summed E-state index contributed by atoms with van der Waals surface area (Å²) in [5, 5.41) is 6.43. The van der Waals surface area contributed by atoms with Crippen LogP contribution < -0.4 is 10.6 Å². The lowest BCUT2D eigenvalue weighted by Gasteiger charge is -2.22. The molecular weight excluding hydrogens is 216 g/mol. The molecule has 1 aliphatic rings. The first-order chi connectivity index (χ1) is 8.38. The van der Waals surface area contributed by atoms with Crippen molar-refractivity contribution in [2.45, 2.75) is 19.4 Å². The predicted molar refractivity (Wildman–Crippen MR) is 66.8 cm³/mol. The average molecular weight is 236 g/mol. The van der Waals surface area contributed by atoms with Gasteiger partial charge in [0.05, 0.1) is 6.54 Å². The molecule has 5 heteroatoms. The number of nitrogens with zero attached hydrogens (tertiary/aromatic N) is 2. The molecule has 0 atom stereocenters. The fourth-order valence-electron chi connectivity index (χ4n) is 1.94. The van der Waals surface area contributed by atoms with Crippen molar-refractivity contribution in [1.29, 1.82) is 0 Å². The minimum Gasteiger partial charge on any atom is -0.381 e. The lowest BCUT2D eigenvalue weighted by atomic mass is 10.0. The molecule has 1 aromatic heterocycles. The largest absolute Gasteiger partial charge is 0.381 e. The van der Waals surface area contributed by atoms with Crippen molar-refractivity contribution in [1.82, 2.24) is 15.3 Å². The second-order valence-corrected chi connectivity index (χ2v) is 4.33. The zero-order chi connectivity index (χ0) is 11.9. The van der Waals surface area contributed by atoms with Crippen LogP contribution in [-0.4, -0.2) is 36.8 Å². The molecule has 1 saturated heterocycles. The molecule has 17 heavy (non-hydrogen) atoms. The second-order valence-electron chi connectivity index (χ2n) is 4.33. The molecule has 1 fully saturated rings. The molecule has 0 aromatic carbocycles. The molecule has 0 aliphatic carbocycles. The molecule has 2 N–H and O–H groups in total. The number of hydrogen-bond donors (Lipinski definition) is 2. The molecule has 0 bridgehead atoms. The fourth-order valence-corrected chi connectivity index (χ4v) is 1.94. The molecule has 2 heterocycles. The Hall–Kier alpha value is -1.20. The first-order valence-corrected chi connectivity index (χ1v) is 6.16. The van der Waals surface area contributed by atoms with Gasteiger partial charge >= 0.3 is 0 Å². The van der Waals surface area contributed by atoms with E-state index in [1.54, 1.807) is 6.20 Å². The zero-order valence-corrected chi connectivity index (χ0v) is 10.3. The predicted octanol–water partition coefficient (Wildman–Crippen LogP) is 1.03.